The summed E-state index contributed by atoms with van der Waals surface area (Å²) in [5, 5.41) is 0.513. The van der Waals surface area contributed by atoms with Crippen molar-refractivity contribution in [3.05, 3.63) is 33.7 Å². The van der Waals surface area contributed by atoms with Gasteiger partial charge < -0.3 is 4.57 Å². The van der Waals surface area contributed by atoms with E-state index in [4.69, 9.17) is 11.6 Å². The van der Waals surface area contributed by atoms with E-state index in [9.17, 15) is 4.79 Å². The van der Waals surface area contributed by atoms with E-state index in [0.29, 0.717) is 5.15 Å². The molecule has 0 fully saturated rings. The highest BCUT2D eigenvalue weighted by Gasteiger charge is 1.94. The number of halogens is 1. The van der Waals surface area contributed by atoms with Gasteiger partial charge in [-0.05, 0) is 6.42 Å². The quantitative estimate of drug-likeness (QED) is 0.624. The minimum absolute atomic E-state index is 0.0395. The molecule has 0 N–H and O–H groups in total. The molecule has 0 saturated carbocycles. The van der Waals surface area contributed by atoms with E-state index in [1.807, 2.05) is 4.57 Å². The molecule has 0 atom stereocenters. The fraction of sp³-hybridized carbons (Fsp3) is 0.375. The third-order valence-electron chi connectivity index (χ3n) is 1.42. The Morgan fingerprint density at radius 2 is 2.36 bits per heavy atom. The van der Waals surface area contributed by atoms with Crippen LogP contribution in [0.25, 0.3) is 0 Å². The molecule has 1 aromatic heterocycles. The number of rotatable bonds is 2. The van der Waals surface area contributed by atoms with Crippen LogP contribution in [0, 0.1) is 0 Å². The lowest BCUT2D eigenvalue weighted by Gasteiger charge is -2.04. The summed E-state index contributed by atoms with van der Waals surface area (Å²) in [5.74, 6) is 0. The lowest BCUT2D eigenvalue weighted by Crippen LogP contribution is -2.05. The zero-order valence-corrected chi connectivity index (χ0v) is 7.14. The number of nitrogens with zero attached hydrogens (tertiary/aromatic N) is 1. The topological polar surface area (TPSA) is 22.0 Å². The van der Waals surface area contributed by atoms with Gasteiger partial charge in [0.25, 0.3) is 0 Å². The van der Waals surface area contributed by atoms with Gasteiger partial charge in [-0.25, -0.2) is 0 Å². The van der Waals surface area contributed by atoms with Gasteiger partial charge in [0.1, 0.15) is 5.15 Å². The average molecular weight is 172 g/mol. The van der Waals surface area contributed by atoms with Gasteiger partial charge in [-0.2, -0.15) is 0 Å². The molecular formula is C8H10ClNO. The van der Waals surface area contributed by atoms with Gasteiger partial charge in [0.05, 0.1) is 0 Å². The van der Waals surface area contributed by atoms with Crippen LogP contribution in [-0.2, 0) is 6.54 Å². The highest BCUT2D eigenvalue weighted by atomic mass is 35.5. The maximum atomic E-state index is 10.7. The molecular weight excluding hydrogens is 162 g/mol. The minimum Gasteiger partial charge on any atom is -0.339 e. The predicted molar refractivity (Wildman–Crippen MR) is 46.0 cm³/mol. The van der Waals surface area contributed by atoms with Crippen LogP contribution >= 0.6 is 11.6 Å². The van der Waals surface area contributed by atoms with Gasteiger partial charge in [-0.15, -0.1) is 0 Å². The van der Waals surface area contributed by atoms with Crippen LogP contribution in [0.5, 0.6) is 0 Å². The van der Waals surface area contributed by atoms with Gasteiger partial charge >= 0.3 is 0 Å². The van der Waals surface area contributed by atoms with Crippen LogP contribution < -0.4 is 5.43 Å². The molecule has 0 aliphatic carbocycles. The Balaban J connectivity index is 2.99. The van der Waals surface area contributed by atoms with Crippen molar-refractivity contribution in [1.29, 1.82) is 0 Å². The summed E-state index contributed by atoms with van der Waals surface area (Å²) in [7, 11) is 0. The molecule has 1 rings (SSSR count). The Morgan fingerprint density at radius 3 is 2.91 bits per heavy atom. The Hall–Kier alpha value is -0.760. The normalized spacial score (nSPS) is 10.0. The average Bonchev–Trinajstić information content (AvgIpc) is 1.95. The van der Waals surface area contributed by atoms with Crippen molar-refractivity contribution in [3.63, 3.8) is 0 Å². The molecule has 2 nitrogen and oxygen atoms in total. The number of hydrogen-bond donors (Lipinski definition) is 0. The van der Waals surface area contributed by atoms with Crippen molar-refractivity contribution in [2.24, 2.45) is 0 Å². The zero-order chi connectivity index (χ0) is 8.27. The molecule has 0 unspecified atom stereocenters. The molecule has 3 heteroatoms. The molecule has 0 amide bonds. The summed E-state index contributed by atoms with van der Waals surface area (Å²) in [6.07, 6.45) is 2.73. The Morgan fingerprint density at radius 1 is 1.64 bits per heavy atom. The highest BCUT2D eigenvalue weighted by Crippen LogP contribution is 2.04. The van der Waals surface area contributed by atoms with E-state index in [1.54, 1.807) is 6.20 Å². The van der Waals surface area contributed by atoms with E-state index in [2.05, 4.69) is 6.92 Å². The molecule has 1 heterocycles. The zero-order valence-electron chi connectivity index (χ0n) is 6.38. The first kappa shape index (κ1) is 8.34. The van der Waals surface area contributed by atoms with Crippen LogP contribution in [0.1, 0.15) is 13.3 Å². The summed E-state index contributed by atoms with van der Waals surface area (Å²) in [6.45, 7) is 2.92. The largest absolute Gasteiger partial charge is 0.339 e. The Bertz CT molecular complexity index is 292. The van der Waals surface area contributed by atoms with Gasteiger partial charge in [0, 0.05) is 24.9 Å². The molecule has 0 aliphatic rings. The van der Waals surface area contributed by atoms with E-state index in [1.165, 1.54) is 12.1 Å². The summed E-state index contributed by atoms with van der Waals surface area (Å²) in [6, 6.07) is 2.94. The van der Waals surface area contributed by atoms with Crippen molar-refractivity contribution >= 4 is 11.6 Å². The Labute approximate surface area is 70.4 Å². The Kier molecular flexibility index (Phi) is 2.71. The van der Waals surface area contributed by atoms with E-state index >= 15 is 0 Å². The lowest BCUT2D eigenvalue weighted by atomic mass is 10.4. The number of aryl methyl sites for hydroxylation is 1. The first-order valence-corrected chi connectivity index (χ1v) is 3.98. The monoisotopic (exact) mass is 171 g/mol. The van der Waals surface area contributed by atoms with Crippen molar-refractivity contribution in [2.75, 3.05) is 0 Å². The first-order chi connectivity index (χ1) is 5.24. The molecule has 0 spiro atoms. The maximum absolute atomic E-state index is 10.7. The van der Waals surface area contributed by atoms with Crippen molar-refractivity contribution in [3.8, 4) is 0 Å². The summed E-state index contributed by atoms with van der Waals surface area (Å²) in [5.41, 5.74) is -0.0395. The predicted octanol–water partition coefficient (Wildman–Crippen LogP) is 1.91. The van der Waals surface area contributed by atoms with E-state index in [0.717, 1.165) is 13.0 Å². The van der Waals surface area contributed by atoms with Crippen molar-refractivity contribution in [1.82, 2.24) is 4.57 Å². The van der Waals surface area contributed by atoms with Gasteiger partial charge in [0.2, 0.25) is 0 Å². The molecule has 60 valence electrons. The smallest absolute Gasteiger partial charge is 0.183 e. The second kappa shape index (κ2) is 3.58. The standard InChI is InChI=1S/C8H10ClNO/c1-2-4-10-5-3-7(11)6-8(10)9/h3,5-6H,2,4H2,1H3. The minimum atomic E-state index is -0.0395. The van der Waals surface area contributed by atoms with Crippen molar-refractivity contribution in [2.45, 2.75) is 19.9 Å². The number of hydrogen-bond acceptors (Lipinski definition) is 1. The molecule has 0 aromatic carbocycles. The first-order valence-electron chi connectivity index (χ1n) is 3.60. The fourth-order valence-electron chi connectivity index (χ4n) is 0.905. The second-order valence-corrected chi connectivity index (χ2v) is 2.77. The number of pyridine rings is 1. The van der Waals surface area contributed by atoms with E-state index in [-0.39, 0.29) is 5.43 Å². The third kappa shape index (κ3) is 2.09. The van der Waals surface area contributed by atoms with E-state index < -0.39 is 0 Å². The number of aromatic nitrogens is 1. The summed E-state index contributed by atoms with van der Waals surface area (Å²) < 4.78 is 1.85. The van der Waals surface area contributed by atoms with Gasteiger partial charge in [-0.1, -0.05) is 18.5 Å². The summed E-state index contributed by atoms with van der Waals surface area (Å²) in [4.78, 5) is 10.7. The molecule has 1 aromatic rings. The maximum Gasteiger partial charge on any atom is 0.183 e. The van der Waals surface area contributed by atoms with Gasteiger partial charge in [-0.3, -0.25) is 4.79 Å². The lowest BCUT2D eigenvalue weighted by molar-refractivity contribution is 0.674. The third-order valence-corrected chi connectivity index (χ3v) is 1.75. The van der Waals surface area contributed by atoms with Crippen molar-refractivity contribution < 1.29 is 0 Å². The van der Waals surface area contributed by atoms with Crippen LogP contribution in [0.4, 0.5) is 0 Å². The fourth-order valence-corrected chi connectivity index (χ4v) is 1.15. The molecule has 11 heavy (non-hydrogen) atoms. The summed E-state index contributed by atoms with van der Waals surface area (Å²) >= 11 is 5.77. The van der Waals surface area contributed by atoms with Gasteiger partial charge in [0.15, 0.2) is 5.43 Å². The SMILES string of the molecule is CCCn1ccc(=O)cc1Cl. The molecule has 0 bridgehead atoms. The van der Waals surface area contributed by atoms with Crippen LogP contribution in [0.2, 0.25) is 5.15 Å². The van der Waals surface area contributed by atoms with Crippen LogP contribution in [-0.4, -0.2) is 4.57 Å². The van der Waals surface area contributed by atoms with Crippen LogP contribution in [0.3, 0.4) is 0 Å². The molecule has 0 aliphatic heterocycles. The molecule has 0 saturated heterocycles. The second-order valence-electron chi connectivity index (χ2n) is 2.38. The highest BCUT2D eigenvalue weighted by molar-refractivity contribution is 6.29. The van der Waals surface area contributed by atoms with Crippen LogP contribution in [0.15, 0.2) is 23.1 Å². The molecule has 0 radical (unpaired) electrons.